The molecule has 0 atom stereocenters. The van der Waals surface area contributed by atoms with Gasteiger partial charge in [-0.05, 0) is 5.56 Å². The molecule has 3 aromatic rings. The van der Waals surface area contributed by atoms with Gasteiger partial charge in [0.25, 0.3) is 0 Å². The van der Waals surface area contributed by atoms with Crippen LogP contribution in [0.2, 0.25) is 0 Å². The Bertz CT molecular complexity index is 621. The van der Waals surface area contributed by atoms with Crippen LogP contribution in [0.4, 0.5) is 0 Å². The van der Waals surface area contributed by atoms with Crippen molar-refractivity contribution < 1.29 is 26.2 Å². The van der Waals surface area contributed by atoms with Gasteiger partial charge in [-0.2, -0.15) is 6.07 Å². The Balaban J connectivity index is 0. The molecule has 0 bridgehead atoms. The summed E-state index contributed by atoms with van der Waals surface area (Å²) in [6.07, 6.45) is 0. The van der Waals surface area contributed by atoms with Crippen molar-refractivity contribution in [1.82, 2.24) is 0 Å². The first-order valence-corrected chi connectivity index (χ1v) is 5.56. The first kappa shape index (κ1) is 21.2. The predicted molar refractivity (Wildman–Crippen MR) is 89.0 cm³/mol. The molecule has 0 saturated carbocycles. The predicted octanol–water partition coefficient (Wildman–Crippen LogP) is 5.88. The monoisotopic (exact) mass is 340 g/mol. The molecule has 0 spiro atoms. The number of hydrogen-bond donors (Lipinski definition) is 0. The first-order chi connectivity index (χ1) is 7.84. The van der Waals surface area contributed by atoms with E-state index in [0.29, 0.717) is 0 Å². The van der Waals surface area contributed by atoms with Crippen LogP contribution in [0.1, 0.15) is 5.56 Å². The van der Waals surface area contributed by atoms with E-state index in [1.165, 1.54) is 27.5 Å². The van der Waals surface area contributed by atoms with Gasteiger partial charge in [-0.25, -0.2) is 0 Å². The van der Waals surface area contributed by atoms with Crippen molar-refractivity contribution in [1.29, 1.82) is 0 Å². The quantitative estimate of drug-likeness (QED) is 0.485. The fourth-order valence-corrected chi connectivity index (χ4v) is 2.25. The van der Waals surface area contributed by atoms with E-state index in [0.717, 1.165) is 0 Å². The number of hydrogen-bond acceptors (Lipinski definition) is 0. The molecular formula is C19H22Zr. The maximum atomic E-state index is 2.26. The molecule has 0 saturated heterocycles. The van der Waals surface area contributed by atoms with Gasteiger partial charge in [-0.15, -0.1) is 34.5 Å². The molecule has 0 nitrogen and oxygen atoms in total. The fourth-order valence-electron chi connectivity index (χ4n) is 2.25. The van der Waals surface area contributed by atoms with E-state index in [4.69, 9.17) is 0 Å². The second-order valence-corrected chi connectivity index (χ2v) is 4.21. The molecule has 0 aliphatic carbocycles. The molecular weight excluding hydrogens is 319 g/mol. The Morgan fingerprint density at radius 3 is 2.10 bits per heavy atom. The molecule has 1 heteroatoms. The summed E-state index contributed by atoms with van der Waals surface area (Å²) < 4.78 is 0. The molecule has 0 aliphatic rings. The summed E-state index contributed by atoms with van der Waals surface area (Å²) in [5.41, 5.74) is 3.95. The van der Waals surface area contributed by atoms with Crippen LogP contribution in [0.25, 0.3) is 21.9 Å². The van der Waals surface area contributed by atoms with Crippen LogP contribution in [-0.4, -0.2) is 0 Å². The van der Waals surface area contributed by atoms with Gasteiger partial charge < -0.3 is 22.3 Å². The zero-order valence-electron chi connectivity index (χ0n) is 12.8. The molecule has 0 aromatic heterocycles. The number of fused-ring (bicyclic) bond motifs is 1. The standard InChI is InChI=1S/C16H13.3CH3.Zr/c1-12-10-14-8-5-9-15(16(14)11-12)13-6-3-2-4-7-13;;;;/h2-11H,1H3;3*1H3;/q4*-1;+4. The molecule has 0 radical (unpaired) electrons. The molecule has 102 valence electrons. The summed E-state index contributed by atoms with van der Waals surface area (Å²) in [7, 11) is 0. The Kier molecular flexibility index (Phi) is 9.53. The minimum Gasteiger partial charge on any atom is -0.358 e. The number of benzene rings is 2. The number of aryl methyl sites for hydroxylation is 1. The molecule has 3 aromatic carbocycles. The Morgan fingerprint density at radius 1 is 0.800 bits per heavy atom. The van der Waals surface area contributed by atoms with Crippen LogP contribution in [0, 0.1) is 29.2 Å². The van der Waals surface area contributed by atoms with E-state index < -0.39 is 0 Å². The van der Waals surface area contributed by atoms with Crippen molar-refractivity contribution in [3.05, 3.63) is 88.5 Å². The Morgan fingerprint density at radius 2 is 1.45 bits per heavy atom. The van der Waals surface area contributed by atoms with E-state index in [9.17, 15) is 0 Å². The molecule has 0 aliphatic heterocycles. The van der Waals surface area contributed by atoms with Gasteiger partial charge in [0, 0.05) is 0 Å². The van der Waals surface area contributed by atoms with Gasteiger partial charge >= 0.3 is 26.2 Å². The summed E-state index contributed by atoms with van der Waals surface area (Å²) in [4.78, 5) is 0. The summed E-state index contributed by atoms with van der Waals surface area (Å²) in [5.74, 6) is 0. The second-order valence-electron chi connectivity index (χ2n) is 4.21. The first-order valence-electron chi connectivity index (χ1n) is 5.56. The van der Waals surface area contributed by atoms with E-state index in [2.05, 4.69) is 67.6 Å². The van der Waals surface area contributed by atoms with Gasteiger partial charge in [0.1, 0.15) is 0 Å². The molecule has 0 N–H and O–H groups in total. The van der Waals surface area contributed by atoms with Gasteiger partial charge in [-0.3, -0.25) is 0 Å². The van der Waals surface area contributed by atoms with Crippen LogP contribution >= 0.6 is 0 Å². The zero-order chi connectivity index (χ0) is 11.0. The third kappa shape index (κ3) is 3.96. The van der Waals surface area contributed by atoms with Crippen molar-refractivity contribution in [2.24, 2.45) is 0 Å². The summed E-state index contributed by atoms with van der Waals surface area (Å²) >= 11 is 0. The van der Waals surface area contributed by atoms with Crippen molar-refractivity contribution in [2.45, 2.75) is 6.92 Å². The average molecular weight is 342 g/mol. The van der Waals surface area contributed by atoms with Gasteiger partial charge in [0.05, 0.1) is 0 Å². The molecule has 20 heavy (non-hydrogen) atoms. The second kappa shape index (κ2) is 8.98. The van der Waals surface area contributed by atoms with Crippen molar-refractivity contribution in [3.63, 3.8) is 0 Å². The minimum absolute atomic E-state index is 0. The molecule has 0 fully saturated rings. The largest absolute Gasteiger partial charge is 4.00 e. The van der Waals surface area contributed by atoms with Crippen LogP contribution in [0.15, 0.2) is 60.7 Å². The van der Waals surface area contributed by atoms with Gasteiger partial charge in [-0.1, -0.05) is 48.9 Å². The van der Waals surface area contributed by atoms with E-state index in [1.807, 2.05) is 0 Å². The Hall–Kier alpha value is -1.07. The summed E-state index contributed by atoms with van der Waals surface area (Å²) in [5, 5.41) is 2.69. The zero-order valence-corrected chi connectivity index (χ0v) is 15.2. The smallest absolute Gasteiger partial charge is 0.358 e. The third-order valence-corrected chi connectivity index (χ3v) is 2.98. The summed E-state index contributed by atoms with van der Waals surface area (Å²) in [6.45, 7) is 2.15. The molecule has 0 amide bonds. The molecule has 0 heterocycles. The topological polar surface area (TPSA) is 0 Å². The maximum Gasteiger partial charge on any atom is 4.00 e. The SMILES string of the molecule is Cc1cc2c(-c3ccccc3)cccc2[cH-]1.[CH3-].[CH3-].[CH3-].[Zr+4]. The van der Waals surface area contributed by atoms with E-state index >= 15 is 0 Å². The Labute approximate surface area is 143 Å². The van der Waals surface area contributed by atoms with Crippen LogP contribution in [0.3, 0.4) is 0 Å². The van der Waals surface area contributed by atoms with Crippen molar-refractivity contribution in [2.75, 3.05) is 0 Å². The molecule has 3 rings (SSSR count). The molecule has 0 unspecified atom stereocenters. The van der Waals surface area contributed by atoms with Crippen molar-refractivity contribution >= 4 is 10.8 Å². The fraction of sp³-hybridized carbons (Fsp3) is 0.0526. The van der Waals surface area contributed by atoms with Crippen LogP contribution in [-0.2, 0) is 26.2 Å². The third-order valence-electron chi connectivity index (χ3n) is 2.98. The average Bonchev–Trinajstić information content (AvgIpc) is 2.70. The maximum absolute atomic E-state index is 2.26. The van der Waals surface area contributed by atoms with Gasteiger partial charge in [0.2, 0.25) is 0 Å². The summed E-state index contributed by atoms with van der Waals surface area (Å²) in [6, 6.07) is 21.6. The van der Waals surface area contributed by atoms with Crippen LogP contribution < -0.4 is 0 Å². The van der Waals surface area contributed by atoms with E-state index in [1.54, 1.807) is 0 Å². The van der Waals surface area contributed by atoms with Crippen LogP contribution in [0.5, 0.6) is 0 Å². The van der Waals surface area contributed by atoms with E-state index in [-0.39, 0.29) is 48.5 Å². The van der Waals surface area contributed by atoms with Crippen molar-refractivity contribution in [3.8, 4) is 11.1 Å². The normalized spacial score (nSPS) is 8.65. The van der Waals surface area contributed by atoms with Gasteiger partial charge in [0.15, 0.2) is 0 Å². The minimum atomic E-state index is 0. The number of rotatable bonds is 1.